The van der Waals surface area contributed by atoms with Crippen LogP contribution in [-0.2, 0) is 21.0 Å². The second-order valence-corrected chi connectivity index (χ2v) is 13.7. The van der Waals surface area contributed by atoms with E-state index in [2.05, 4.69) is 27.4 Å². The smallest absolute Gasteiger partial charge is 0.422 e. The van der Waals surface area contributed by atoms with Gasteiger partial charge in [-0.3, -0.25) is 0 Å². The molecule has 2 aromatic carbocycles. The lowest BCUT2D eigenvalue weighted by Crippen LogP contribution is -2.40. The number of hydrogen-bond donors (Lipinski definition) is 2. The summed E-state index contributed by atoms with van der Waals surface area (Å²) in [6, 6.07) is 8.78. The summed E-state index contributed by atoms with van der Waals surface area (Å²) in [6.45, 7) is 1.44. The summed E-state index contributed by atoms with van der Waals surface area (Å²) in [6.07, 6.45) is -7.66. The molecule has 1 aliphatic heterocycles. The third kappa shape index (κ3) is 10.2. The van der Waals surface area contributed by atoms with Gasteiger partial charge in [0.1, 0.15) is 5.75 Å². The second-order valence-electron chi connectivity index (χ2n) is 10.6. The Kier molecular flexibility index (Phi) is 11.2. The van der Waals surface area contributed by atoms with Crippen LogP contribution in [0.1, 0.15) is 23.3 Å². The van der Waals surface area contributed by atoms with Gasteiger partial charge in [-0.2, -0.15) is 26.3 Å². The van der Waals surface area contributed by atoms with Crippen LogP contribution in [0.4, 0.5) is 37.7 Å². The third-order valence-corrected chi connectivity index (χ3v) is 9.40. The molecule has 1 aliphatic rings. The van der Waals surface area contributed by atoms with Crippen LogP contribution >= 0.6 is 11.3 Å². The van der Waals surface area contributed by atoms with Gasteiger partial charge >= 0.3 is 12.4 Å². The van der Waals surface area contributed by atoms with Gasteiger partial charge in [-0.25, -0.2) is 8.42 Å². The number of likely N-dealkylation sites (tertiary alicyclic amines) is 1. The molecule has 0 atom stereocenters. The van der Waals surface area contributed by atoms with Crippen LogP contribution in [0.2, 0.25) is 0 Å². The molecule has 0 bridgehead atoms. The summed E-state index contributed by atoms with van der Waals surface area (Å²) < 4.78 is 114. The van der Waals surface area contributed by atoms with Gasteiger partial charge in [-0.05, 0) is 42.0 Å². The number of sulfone groups is 1. The topological polar surface area (TPSA) is 79.9 Å². The SMILES string of the molecule is COCCN1CCC(Nc2cccc3c(CC(F)(F)F)c(C#CCNc4ccc(S(C)(=O)=O)cc4OCC(F)(F)F)sc23)CC1. The van der Waals surface area contributed by atoms with Crippen LogP contribution in [0.3, 0.4) is 0 Å². The first kappa shape index (κ1) is 34.7. The van der Waals surface area contributed by atoms with E-state index in [-0.39, 0.29) is 39.4 Å². The highest BCUT2D eigenvalue weighted by atomic mass is 32.2. The number of alkyl halides is 6. The average Bonchev–Trinajstić information content (AvgIpc) is 3.29. The Morgan fingerprint density at radius 1 is 1.04 bits per heavy atom. The van der Waals surface area contributed by atoms with Crippen molar-refractivity contribution < 1.29 is 44.2 Å². The van der Waals surface area contributed by atoms with Crippen LogP contribution in [0.25, 0.3) is 10.1 Å². The molecule has 1 saturated heterocycles. The summed E-state index contributed by atoms with van der Waals surface area (Å²) in [5.41, 5.74) is 0.840. The van der Waals surface area contributed by atoms with E-state index in [1.807, 2.05) is 6.07 Å². The Morgan fingerprint density at radius 3 is 2.42 bits per heavy atom. The molecule has 1 fully saturated rings. The van der Waals surface area contributed by atoms with Gasteiger partial charge in [0, 0.05) is 45.1 Å². The maximum absolute atomic E-state index is 13.6. The molecule has 15 heteroatoms. The molecular weight excluding hydrogens is 644 g/mol. The van der Waals surface area contributed by atoms with Crippen LogP contribution in [0.5, 0.6) is 5.75 Å². The normalized spacial score (nSPS) is 15.1. The van der Waals surface area contributed by atoms with Gasteiger partial charge in [-0.1, -0.05) is 24.0 Å². The standard InChI is InChI=1S/C30H33F6N3O4S2/c1-42-16-15-39-13-10-20(11-14-39)38-25-6-3-5-22-23(18-29(31,32)33)27(44-28(22)25)7-4-12-37-24-9-8-21(45(2,40)41)17-26(24)43-19-30(34,35)36/h3,5-6,8-9,17,20,37-38H,10-16,18-19H2,1-2H3. The molecule has 4 rings (SSSR count). The van der Waals surface area contributed by atoms with Crippen LogP contribution in [-0.4, -0.2) is 84.5 Å². The molecule has 246 valence electrons. The average molecular weight is 678 g/mol. The number of fused-ring (bicyclic) bond motifs is 1. The maximum atomic E-state index is 13.6. The van der Waals surface area contributed by atoms with Crippen molar-refractivity contribution in [2.45, 2.75) is 42.6 Å². The number of nitrogens with one attached hydrogen (secondary N) is 2. The fourth-order valence-corrected chi connectivity index (χ4v) is 6.73. The first-order valence-corrected chi connectivity index (χ1v) is 16.7. The summed E-state index contributed by atoms with van der Waals surface area (Å²) in [4.78, 5) is 2.30. The summed E-state index contributed by atoms with van der Waals surface area (Å²) in [5.74, 6) is 5.21. The van der Waals surface area contributed by atoms with Crippen molar-refractivity contribution in [3.05, 3.63) is 46.8 Å². The number of halogens is 6. The molecule has 3 aromatic rings. The number of anilines is 2. The summed E-state index contributed by atoms with van der Waals surface area (Å²) >= 11 is 1.15. The number of thiophene rings is 1. The molecule has 2 heterocycles. The number of hydrogen-bond acceptors (Lipinski definition) is 8. The maximum Gasteiger partial charge on any atom is 0.422 e. The van der Waals surface area contributed by atoms with Crippen molar-refractivity contribution in [2.24, 2.45) is 0 Å². The molecule has 0 radical (unpaired) electrons. The molecule has 0 unspecified atom stereocenters. The fourth-order valence-electron chi connectivity index (χ4n) is 4.92. The van der Waals surface area contributed by atoms with Crippen molar-refractivity contribution in [1.82, 2.24) is 4.90 Å². The Balaban J connectivity index is 1.55. The molecular formula is C30H33F6N3O4S2. The second kappa shape index (κ2) is 14.5. The molecule has 1 aromatic heterocycles. The molecule has 45 heavy (non-hydrogen) atoms. The van der Waals surface area contributed by atoms with Crippen molar-refractivity contribution in [3.8, 4) is 17.6 Å². The van der Waals surface area contributed by atoms with Gasteiger partial charge in [0.15, 0.2) is 16.4 Å². The van der Waals surface area contributed by atoms with Gasteiger partial charge in [0.05, 0.1) is 45.4 Å². The molecule has 7 nitrogen and oxygen atoms in total. The van der Waals surface area contributed by atoms with Gasteiger partial charge in [0.2, 0.25) is 0 Å². The predicted octanol–water partition coefficient (Wildman–Crippen LogP) is 6.34. The van der Waals surface area contributed by atoms with Crippen molar-refractivity contribution >= 4 is 42.6 Å². The molecule has 0 spiro atoms. The Hall–Kier alpha value is -3.19. The zero-order valence-corrected chi connectivity index (χ0v) is 26.2. The minimum atomic E-state index is -4.66. The monoisotopic (exact) mass is 677 g/mol. The number of nitrogens with zero attached hydrogens (tertiary/aromatic N) is 1. The molecule has 0 amide bonds. The highest BCUT2D eigenvalue weighted by Crippen LogP contribution is 2.39. The first-order valence-electron chi connectivity index (χ1n) is 14.0. The van der Waals surface area contributed by atoms with E-state index in [9.17, 15) is 34.8 Å². The van der Waals surface area contributed by atoms with E-state index in [0.29, 0.717) is 16.7 Å². The largest absolute Gasteiger partial charge is 0.482 e. The van der Waals surface area contributed by atoms with E-state index in [1.165, 1.54) is 12.1 Å². The van der Waals surface area contributed by atoms with E-state index in [4.69, 9.17) is 9.47 Å². The molecule has 0 saturated carbocycles. The number of ether oxygens (including phenoxy) is 2. The number of rotatable bonds is 11. The van der Waals surface area contributed by atoms with Crippen molar-refractivity contribution in [1.29, 1.82) is 0 Å². The number of piperidine rings is 1. The fraction of sp³-hybridized carbons (Fsp3) is 0.467. The van der Waals surface area contributed by atoms with Crippen LogP contribution < -0.4 is 15.4 Å². The predicted molar refractivity (Wildman–Crippen MR) is 163 cm³/mol. The summed E-state index contributed by atoms with van der Waals surface area (Å²) in [7, 11) is -2.07. The van der Waals surface area contributed by atoms with Crippen molar-refractivity contribution in [3.63, 3.8) is 0 Å². The van der Waals surface area contributed by atoms with E-state index in [1.54, 1.807) is 19.2 Å². The van der Waals surface area contributed by atoms with E-state index < -0.39 is 35.2 Å². The Morgan fingerprint density at radius 2 is 1.78 bits per heavy atom. The number of benzene rings is 2. The highest BCUT2D eigenvalue weighted by molar-refractivity contribution is 7.90. The highest BCUT2D eigenvalue weighted by Gasteiger charge is 2.32. The number of methoxy groups -OCH3 is 1. The van der Waals surface area contributed by atoms with Crippen LogP contribution in [0.15, 0.2) is 41.3 Å². The summed E-state index contributed by atoms with van der Waals surface area (Å²) in [5, 5.41) is 6.74. The minimum absolute atomic E-state index is 0.0487. The van der Waals surface area contributed by atoms with Gasteiger partial charge in [0.25, 0.3) is 0 Å². The lowest BCUT2D eigenvalue weighted by molar-refractivity contribution is -0.153. The quantitative estimate of drug-likeness (QED) is 0.181. The van der Waals surface area contributed by atoms with E-state index >= 15 is 0 Å². The van der Waals surface area contributed by atoms with Crippen LogP contribution in [0, 0.1) is 11.8 Å². The van der Waals surface area contributed by atoms with Gasteiger partial charge < -0.3 is 25.0 Å². The zero-order valence-electron chi connectivity index (χ0n) is 24.6. The molecule has 0 aliphatic carbocycles. The van der Waals surface area contributed by atoms with Crippen molar-refractivity contribution in [2.75, 3.05) is 63.4 Å². The zero-order chi connectivity index (χ0) is 32.8. The van der Waals surface area contributed by atoms with E-state index in [0.717, 1.165) is 61.8 Å². The Bertz CT molecular complexity index is 1640. The third-order valence-electron chi connectivity index (χ3n) is 7.10. The first-order chi connectivity index (χ1) is 21.1. The Labute approximate surface area is 261 Å². The lowest BCUT2D eigenvalue weighted by Gasteiger charge is -2.32. The van der Waals surface area contributed by atoms with Gasteiger partial charge in [-0.15, -0.1) is 11.3 Å². The minimum Gasteiger partial charge on any atom is -0.482 e. The molecule has 2 N–H and O–H groups in total. The lowest BCUT2D eigenvalue weighted by atomic mass is 10.0.